The number of hydrogen-bond donors (Lipinski definition) is 1. The zero-order valence-corrected chi connectivity index (χ0v) is 9.05. The number of alkyl halides is 3. The van der Waals surface area contributed by atoms with Gasteiger partial charge in [0.05, 0.1) is 0 Å². The van der Waals surface area contributed by atoms with E-state index in [1.807, 2.05) is 0 Å². The normalized spacial score (nSPS) is 12.4. The van der Waals surface area contributed by atoms with Crippen LogP contribution in [-0.4, -0.2) is 19.8 Å². The van der Waals surface area contributed by atoms with E-state index in [1.165, 1.54) is 12.1 Å². The maximum Gasteiger partial charge on any atom is 0.498 e. The first-order valence-corrected chi connectivity index (χ1v) is 5.74. The molecule has 1 aromatic rings. The number of carbonyl (C=O) groups is 1. The van der Waals surface area contributed by atoms with E-state index in [9.17, 15) is 26.4 Å². The number of primary amides is 1. The fourth-order valence-electron chi connectivity index (χ4n) is 1.01. The maximum atomic E-state index is 12.1. The number of halogens is 3. The molecule has 0 fully saturated rings. The Morgan fingerprint density at radius 1 is 1.29 bits per heavy atom. The van der Waals surface area contributed by atoms with E-state index in [-0.39, 0.29) is 16.9 Å². The fourth-order valence-corrected chi connectivity index (χ4v) is 1.65. The average molecular weight is 266 g/mol. The van der Waals surface area contributed by atoms with Gasteiger partial charge in [-0.1, -0.05) is 12.1 Å². The third-order valence-electron chi connectivity index (χ3n) is 1.78. The van der Waals surface area contributed by atoms with Gasteiger partial charge in [-0.2, -0.15) is 13.2 Å². The quantitative estimate of drug-likeness (QED) is 0.893. The standard InChI is InChI=1S/C9H7F3NO3S/c10-9(11,12)17(15,16)5-6-2-1-3-7(4-6)8(13)14/h1-5H,(H2,13,14). The molecule has 8 heteroatoms. The molecule has 1 aromatic carbocycles. The number of carbonyl (C=O) groups excluding carboxylic acids is 1. The second-order valence-electron chi connectivity index (χ2n) is 3.10. The minimum Gasteiger partial charge on any atom is -0.366 e. The van der Waals surface area contributed by atoms with Crippen molar-refractivity contribution in [2.45, 2.75) is 5.51 Å². The zero-order valence-electron chi connectivity index (χ0n) is 8.23. The molecule has 17 heavy (non-hydrogen) atoms. The van der Waals surface area contributed by atoms with Crippen LogP contribution in [0, 0.1) is 5.75 Å². The lowest BCUT2D eigenvalue weighted by Crippen LogP contribution is -2.23. The molecule has 1 amide bonds. The SMILES string of the molecule is NC(=O)c1cccc([CH]S(=O)(=O)C(F)(F)F)c1. The summed E-state index contributed by atoms with van der Waals surface area (Å²) >= 11 is 0. The van der Waals surface area contributed by atoms with Crippen molar-refractivity contribution in [3.63, 3.8) is 0 Å². The smallest absolute Gasteiger partial charge is 0.366 e. The molecule has 0 spiro atoms. The molecule has 0 aromatic heterocycles. The highest BCUT2D eigenvalue weighted by molar-refractivity contribution is 7.94. The van der Waals surface area contributed by atoms with Gasteiger partial charge in [0.15, 0.2) is 0 Å². The van der Waals surface area contributed by atoms with Gasteiger partial charge >= 0.3 is 5.51 Å². The molecule has 93 valence electrons. The van der Waals surface area contributed by atoms with Gasteiger partial charge in [-0.3, -0.25) is 4.79 Å². The minimum atomic E-state index is -5.37. The van der Waals surface area contributed by atoms with E-state index >= 15 is 0 Å². The predicted octanol–water partition coefficient (Wildman–Crippen LogP) is 1.23. The summed E-state index contributed by atoms with van der Waals surface area (Å²) in [6.07, 6.45) is 0. The van der Waals surface area contributed by atoms with E-state index in [0.717, 1.165) is 12.1 Å². The Bertz CT molecular complexity index is 537. The molecule has 2 N–H and O–H groups in total. The topological polar surface area (TPSA) is 77.2 Å². The van der Waals surface area contributed by atoms with Gasteiger partial charge in [0, 0.05) is 5.56 Å². The predicted molar refractivity (Wildman–Crippen MR) is 53.3 cm³/mol. The molecule has 0 unspecified atom stereocenters. The Balaban J connectivity index is 3.05. The van der Waals surface area contributed by atoms with Gasteiger partial charge in [0.2, 0.25) is 5.91 Å². The lowest BCUT2D eigenvalue weighted by molar-refractivity contribution is -0.0427. The Morgan fingerprint density at radius 3 is 2.35 bits per heavy atom. The van der Waals surface area contributed by atoms with Crippen LogP contribution in [0.4, 0.5) is 13.2 Å². The van der Waals surface area contributed by atoms with Gasteiger partial charge in [-0.05, 0) is 17.7 Å². The summed E-state index contributed by atoms with van der Waals surface area (Å²) in [5, 5.41) is 0. The van der Waals surface area contributed by atoms with Crippen LogP contribution >= 0.6 is 0 Å². The van der Waals surface area contributed by atoms with E-state index in [0.29, 0.717) is 0 Å². The Kier molecular flexibility index (Phi) is 3.46. The van der Waals surface area contributed by atoms with Crippen molar-refractivity contribution in [1.82, 2.24) is 0 Å². The Hall–Kier alpha value is -1.57. The van der Waals surface area contributed by atoms with Crippen molar-refractivity contribution in [2.75, 3.05) is 0 Å². The molecular weight excluding hydrogens is 259 g/mol. The van der Waals surface area contributed by atoms with Crippen molar-refractivity contribution in [3.05, 3.63) is 41.1 Å². The van der Waals surface area contributed by atoms with Crippen LogP contribution in [0.25, 0.3) is 0 Å². The maximum absolute atomic E-state index is 12.1. The number of amides is 1. The van der Waals surface area contributed by atoms with Crippen molar-refractivity contribution < 1.29 is 26.4 Å². The fraction of sp³-hybridized carbons (Fsp3) is 0.111. The lowest BCUT2D eigenvalue weighted by Gasteiger charge is -2.07. The summed E-state index contributed by atoms with van der Waals surface area (Å²) in [6.45, 7) is 0. The summed E-state index contributed by atoms with van der Waals surface area (Å²) in [5.74, 6) is -0.816. The van der Waals surface area contributed by atoms with Crippen LogP contribution in [0.1, 0.15) is 15.9 Å². The lowest BCUT2D eigenvalue weighted by atomic mass is 10.1. The highest BCUT2D eigenvalue weighted by Gasteiger charge is 2.45. The van der Waals surface area contributed by atoms with E-state index in [4.69, 9.17) is 5.73 Å². The van der Waals surface area contributed by atoms with E-state index in [2.05, 4.69) is 0 Å². The molecular formula is C9H7F3NO3S. The number of rotatable bonds is 3. The molecule has 0 aliphatic rings. The summed E-state index contributed by atoms with van der Waals surface area (Å²) in [4.78, 5) is 10.8. The van der Waals surface area contributed by atoms with Crippen LogP contribution in [0.15, 0.2) is 24.3 Å². The average Bonchev–Trinajstić information content (AvgIpc) is 2.15. The van der Waals surface area contributed by atoms with Crippen molar-refractivity contribution >= 4 is 15.7 Å². The number of sulfone groups is 1. The molecule has 1 rings (SSSR count). The Morgan fingerprint density at radius 2 is 1.88 bits per heavy atom. The summed E-state index contributed by atoms with van der Waals surface area (Å²) in [7, 11) is -5.37. The molecule has 1 radical (unpaired) electrons. The number of benzene rings is 1. The van der Waals surface area contributed by atoms with Crippen LogP contribution in [0.3, 0.4) is 0 Å². The van der Waals surface area contributed by atoms with E-state index in [1.54, 1.807) is 0 Å². The third kappa shape index (κ3) is 3.19. The van der Waals surface area contributed by atoms with Gasteiger partial charge in [-0.25, -0.2) is 8.42 Å². The molecule has 0 heterocycles. The highest BCUT2D eigenvalue weighted by atomic mass is 32.2. The third-order valence-corrected chi connectivity index (χ3v) is 3.01. The molecule has 0 aliphatic carbocycles. The van der Waals surface area contributed by atoms with Crippen molar-refractivity contribution in [2.24, 2.45) is 5.73 Å². The van der Waals surface area contributed by atoms with Gasteiger partial charge < -0.3 is 5.73 Å². The molecule has 0 saturated carbocycles. The van der Waals surface area contributed by atoms with Gasteiger partial charge in [0.1, 0.15) is 5.75 Å². The van der Waals surface area contributed by atoms with Crippen LogP contribution in [0.2, 0.25) is 0 Å². The molecule has 0 bridgehead atoms. The first-order valence-electron chi connectivity index (χ1n) is 4.19. The summed E-state index contributed by atoms with van der Waals surface area (Å²) < 4.78 is 57.8. The largest absolute Gasteiger partial charge is 0.498 e. The second-order valence-corrected chi connectivity index (χ2v) is 4.89. The molecule has 4 nitrogen and oxygen atoms in total. The first kappa shape index (κ1) is 13.5. The highest BCUT2D eigenvalue weighted by Crippen LogP contribution is 2.28. The first-order chi connectivity index (χ1) is 7.63. The molecule has 0 atom stereocenters. The van der Waals surface area contributed by atoms with Gasteiger partial charge in [0.25, 0.3) is 9.84 Å². The van der Waals surface area contributed by atoms with E-state index < -0.39 is 21.3 Å². The van der Waals surface area contributed by atoms with Crippen LogP contribution in [0.5, 0.6) is 0 Å². The summed E-state index contributed by atoms with van der Waals surface area (Å²) in [6, 6.07) is 4.58. The number of nitrogens with two attached hydrogens (primary N) is 1. The number of hydrogen-bond acceptors (Lipinski definition) is 3. The minimum absolute atomic E-state index is 0.0411. The van der Waals surface area contributed by atoms with Crippen LogP contribution in [-0.2, 0) is 9.84 Å². The second kappa shape index (κ2) is 4.36. The van der Waals surface area contributed by atoms with Gasteiger partial charge in [-0.15, -0.1) is 0 Å². The Labute approximate surface area is 95.1 Å². The zero-order chi connectivity index (χ0) is 13.3. The van der Waals surface area contributed by atoms with Crippen molar-refractivity contribution in [1.29, 1.82) is 0 Å². The summed E-state index contributed by atoms with van der Waals surface area (Å²) in [5.41, 5.74) is -0.796. The monoisotopic (exact) mass is 266 g/mol. The molecule has 0 aliphatic heterocycles. The van der Waals surface area contributed by atoms with Crippen LogP contribution < -0.4 is 5.73 Å². The molecule has 0 saturated heterocycles. The van der Waals surface area contributed by atoms with Crippen molar-refractivity contribution in [3.8, 4) is 0 Å².